The topological polar surface area (TPSA) is 38.3 Å². The minimum Gasteiger partial charge on any atom is -0.382 e. The fourth-order valence-corrected chi connectivity index (χ4v) is 1.61. The molecule has 0 amide bonds. The largest absolute Gasteiger partial charge is 0.382 e. The van der Waals surface area contributed by atoms with Crippen molar-refractivity contribution < 1.29 is 9.53 Å². The average Bonchev–Trinajstić information content (AvgIpc) is 2.36. The molecule has 0 aliphatic carbocycles. The van der Waals surface area contributed by atoms with Crippen LogP contribution in [-0.4, -0.2) is 32.6 Å². The third-order valence-electron chi connectivity index (χ3n) is 2.86. The number of likely N-dealkylation sites (N-methyl/N-ethyl adjacent to an activating group) is 1. The summed E-state index contributed by atoms with van der Waals surface area (Å²) in [6.07, 6.45) is 2.26. The Bertz CT molecular complexity index is 346. The molecule has 1 rings (SSSR count). The molecule has 0 heterocycles. The van der Waals surface area contributed by atoms with Crippen LogP contribution in [0.5, 0.6) is 0 Å². The quantitative estimate of drug-likeness (QED) is 0.735. The molecule has 0 bridgehead atoms. The summed E-state index contributed by atoms with van der Waals surface area (Å²) in [6.45, 7) is 2.45. The first-order chi connectivity index (χ1) is 8.17. The van der Waals surface area contributed by atoms with Crippen molar-refractivity contribution in [1.82, 2.24) is 5.32 Å². The van der Waals surface area contributed by atoms with Crippen LogP contribution < -0.4 is 5.32 Å². The van der Waals surface area contributed by atoms with Crippen LogP contribution in [0.15, 0.2) is 24.3 Å². The van der Waals surface area contributed by atoms with E-state index in [9.17, 15) is 4.79 Å². The van der Waals surface area contributed by atoms with Gasteiger partial charge in [-0.3, -0.25) is 4.79 Å². The standard InChI is InChI=1S/C14H21NO2/c1-11(17-3)4-5-12-6-8-13(9-7-12)14(16)10-15-2/h6-9,11,15H,4-5,10H2,1-3H3. The summed E-state index contributed by atoms with van der Waals surface area (Å²) in [7, 11) is 3.50. The zero-order valence-corrected chi connectivity index (χ0v) is 10.8. The minimum atomic E-state index is 0.129. The van der Waals surface area contributed by atoms with Crippen LogP contribution in [0, 0.1) is 0 Å². The first kappa shape index (κ1) is 13.9. The van der Waals surface area contributed by atoms with E-state index in [1.807, 2.05) is 24.3 Å². The van der Waals surface area contributed by atoms with Crippen molar-refractivity contribution in [2.24, 2.45) is 0 Å². The van der Waals surface area contributed by atoms with Gasteiger partial charge in [0.05, 0.1) is 12.6 Å². The molecule has 0 aliphatic rings. The number of Topliss-reactive ketones (excluding diaryl/α,β-unsaturated/α-hetero) is 1. The predicted molar refractivity (Wildman–Crippen MR) is 69.5 cm³/mol. The third-order valence-corrected chi connectivity index (χ3v) is 2.86. The van der Waals surface area contributed by atoms with Crippen molar-refractivity contribution in [1.29, 1.82) is 0 Å². The highest BCUT2D eigenvalue weighted by Gasteiger charge is 2.05. The number of benzene rings is 1. The highest BCUT2D eigenvalue weighted by Crippen LogP contribution is 2.09. The van der Waals surface area contributed by atoms with E-state index in [0.29, 0.717) is 6.54 Å². The Balaban J connectivity index is 2.53. The number of carbonyl (C=O) groups is 1. The number of hydrogen-bond donors (Lipinski definition) is 1. The molecule has 94 valence electrons. The Kier molecular flexibility index (Phi) is 5.87. The van der Waals surface area contributed by atoms with Crippen LogP contribution in [0.1, 0.15) is 29.3 Å². The van der Waals surface area contributed by atoms with E-state index in [1.54, 1.807) is 14.2 Å². The van der Waals surface area contributed by atoms with Gasteiger partial charge in [-0.25, -0.2) is 0 Å². The Hall–Kier alpha value is -1.19. The first-order valence-corrected chi connectivity index (χ1v) is 5.97. The fourth-order valence-electron chi connectivity index (χ4n) is 1.61. The van der Waals surface area contributed by atoms with Gasteiger partial charge in [-0.05, 0) is 32.4 Å². The smallest absolute Gasteiger partial charge is 0.176 e. The zero-order valence-electron chi connectivity index (χ0n) is 10.8. The Labute approximate surface area is 103 Å². The van der Waals surface area contributed by atoms with Crippen LogP contribution in [-0.2, 0) is 11.2 Å². The zero-order chi connectivity index (χ0) is 12.7. The number of carbonyl (C=O) groups excluding carboxylic acids is 1. The Morgan fingerprint density at radius 2 is 2.00 bits per heavy atom. The Morgan fingerprint density at radius 3 is 2.53 bits per heavy atom. The molecule has 0 spiro atoms. The van der Waals surface area contributed by atoms with Crippen molar-refractivity contribution >= 4 is 5.78 Å². The highest BCUT2D eigenvalue weighted by molar-refractivity contribution is 5.97. The number of ether oxygens (including phenoxy) is 1. The molecule has 3 nitrogen and oxygen atoms in total. The van der Waals surface area contributed by atoms with E-state index in [4.69, 9.17) is 4.74 Å². The number of methoxy groups -OCH3 is 1. The molecule has 17 heavy (non-hydrogen) atoms. The molecule has 1 aromatic rings. The van der Waals surface area contributed by atoms with Crippen molar-refractivity contribution in [3.63, 3.8) is 0 Å². The second-order valence-corrected chi connectivity index (χ2v) is 4.24. The van der Waals surface area contributed by atoms with Gasteiger partial charge >= 0.3 is 0 Å². The van der Waals surface area contributed by atoms with Gasteiger partial charge in [0, 0.05) is 12.7 Å². The monoisotopic (exact) mass is 235 g/mol. The molecular weight excluding hydrogens is 214 g/mol. The van der Waals surface area contributed by atoms with Gasteiger partial charge in [-0.15, -0.1) is 0 Å². The molecular formula is C14H21NO2. The molecule has 0 radical (unpaired) electrons. The summed E-state index contributed by atoms with van der Waals surface area (Å²) < 4.78 is 5.20. The lowest BCUT2D eigenvalue weighted by Crippen LogP contribution is -2.18. The second-order valence-electron chi connectivity index (χ2n) is 4.24. The van der Waals surface area contributed by atoms with E-state index in [1.165, 1.54) is 5.56 Å². The van der Waals surface area contributed by atoms with Crippen molar-refractivity contribution in [2.75, 3.05) is 20.7 Å². The lowest BCUT2D eigenvalue weighted by atomic mass is 10.0. The van der Waals surface area contributed by atoms with Crippen LogP contribution in [0.4, 0.5) is 0 Å². The molecule has 1 unspecified atom stereocenters. The summed E-state index contributed by atoms with van der Waals surface area (Å²) in [4.78, 5) is 11.6. The van der Waals surface area contributed by atoms with E-state index in [0.717, 1.165) is 18.4 Å². The summed E-state index contributed by atoms with van der Waals surface area (Å²) in [6, 6.07) is 7.83. The van der Waals surface area contributed by atoms with Crippen LogP contribution in [0.2, 0.25) is 0 Å². The maximum atomic E-state index is 11.6. The number of rotatable bonds is 7. The number of nitrogens with one attached hydrogen (secondary N) is 1. The lowest BCUT2D eigenvalue weighted by Gasteiger charge is -2.09. The maximum Gasteiger partial charge on any atom is 0.176 e. The van der Waals surface area contributed by atoms with Gasteiger partial charge < -0.3 is 10.1 Å². The summed E-state index contributed by atoms with van der Waals surface area (Å²) in [5.74, 6) is 0.129. The second kappa shape index (κ2) is 7.20. The average molecular weight is 235 g/mol. The number of hydrogen-bond acceptors (Lipinski definition) is 3. The van der Waals surface area contributed by atoms with E-state index in [-0.39, 0.29) is 11.9 Å². The first-order valence-electron chi connectivity index (χ1n) is 5.97. The fraction of sp³-hybridized carbons (Fsp3) is 0.500. The van der Waals surface area contributed by atoms with Crippen molar-refractivity contribution in [2.45, 2.75) is 25.9 Å². The van der Waals surface area contributed by atoms with Gasteiger partial charge in [0.2, 0.25) is 0 Å². The summed E-state index contributed by atoms with van der Waals surface area (Å²) >= 11 is 0. The lowest BCUT2D eigenvalue weighted by molar-refractivity contribution is 0.0993. The summed E-state index contributed by atoms with van der Waals surface area (Å²) in [5, 5.41) is 2.86. The molecule has 0 fully saturated rings. The third kappa shape index (κ3) is 4.67. The predicted octanol–water partition coefficient (Wildman–Crippen LogP) is 2.06. The van der Waals surface area contributed by atoms with Gasteiger partial charge in [0.15, 0.2) is 5.78 Å². The van der Waals surface area contributed by atoms with Crippen molar-refractivity contribution in [3.05, 3.63) is 35.4 Å². The van der Waals surface area contributed by atoms with Crippen LogP contribution in [0.3, 0.4) is 0 Å². The van der Waals surface area contributed by atoms with Crippen molar-refractivity contribution in [3.8, 4) is 0 Å². The van der Waals surface area contributed by atoms with E-state index >= 15 is 0 Å². The number of aryl methyl sites for hydroxylation is 1. The van der Waals surface area contributed by atoms with Crippen LogP contribution in [0.25, 0.3) is 0 Å². The van der Waals surface area contributed by atoms with Crippen LogP contribution >= 0.6 is 0 Å². The van der Waals surface area contributed by atoms with E-state index in [2.05, 4.69) is 12.2 Å². The molecule has 0 aromatic heterocycles. The Morgan fingerprint density at radius 1 is 1.35 bits per heavy atom. The molecule has 0 aliphatic heterocycles. The molecule has 0 saturated carbocycles. The normalized spacial score (nSPS) is 12.4. The van der Waals surface area contributed by atoms with Gasteiger partial charge in [-0.1, -0.05) is 24.3 Å². The highest BCUT2D eigenvalue weighted by atomic mass is 16.5. The van der Waals surface area contributed by atoms with Gasteiger partial charge in [0.1, 0.15) is 0 Å². The van der Waals surface area contributed by atoms with Gasteiger partial charge in [0.25, 0.3) is 0 Å². The molecule has 1 aromatic carbocycles. The number of ketones is 1. The van der Waals surface area contributed by atoms with Gasteiger partial charge in [-0.2, -0.15) is 0 Å². The molecule has 3 heteroatoms. The minimum absolute atomic E-state index is 0.129. The molecule has 1 N–H and O–H groups in total. The molecule has 1 atom stereocenters. The molecule has 0 saturated heterocycles. The SMILES string of the molecule is CNCC(=O)c1ccc(CCC(C)OC)cc1. The van der Waals surface area contributed by atoms with E-state index < -0.39 is 0 Å². The maximum absolute atomic E-state index is 11.6. The summed E-state index contributed by atoms with van der Waals surface area (Å²) in [5.41, 5.74) is 2.01.